The Morgan fingerprint density at radius 2 is 2.00 bits per heavy atom. The van der Waals surface area contributed by atoms with Gasteiger partial charge in [-0.05, 0) is 19.3 Å². The number of anilines is 2. The highest BCUT2D eigenvalue weighted by Gasteiger charge is 2.29. The molecule has 1 saturated heterocycles. The van der Waals surface area contributed by atoms with E-state index in [2.05, 4.69) is 27.5 Å². The van der Waals surface area contributed by atoms with Gasteiger partial charge in [-0.2, -0.15) is 0 Å². The Morgan fingerprint density at radius 3 is 2.62 bits per heavy atom. The molecule has 0 atom stereocenters. The van der Waals surface area contributed by atoms with E-state index in [4.69, 9.17) is 0 Å². The van der Waals surface area contributed by atoms with Crippen molar-refractivity contribution in [1.29, 1.82) is 0 Å². The third-order valence-electron chi connectivity index (χ3n) is 3.50. The van der Waals surface area contributed by atoms with Crippen LogP contribution in [0.15, 0.2) is 6.07 Å². The van der Waals surface area contributed by atoms with E-state index in [0.29, 0.717) is 11.7 Å². The monoisotopic (exact) mass is 289 g/mol. The topological polar surface area (TPSA) is 87.2 Å². The van der Waals surface area contributed by atoms with E-state index in [1.807, 2.05) is 6.07 Å². The van der Waals surface area contributed by atoms with Crippen molar-refractivity contribution in [2.75, 3.05) is 29.9 Å². The summed E-state index contributed by atoms with van der Waals surface area (Å²) in [5.41, 5.74) is 0. The number of imide groups is 1. The lowest BCUT2D eigenvalue weighted by Crippen LogP contribution is -2.51. The molecule has 2 heterocycles. The molecule has 21 heavy (non-hydrogen) atoms. The molecule has 2 amide bonds. The molecule has 2 N–H and O–H groups in total. The lowest BCUT2D eigenvalue weighted by atomic mass is 10.3. The number of carbonyl (C=O) groups is 2. The number of rotatable bonds is 5. The van der Waals surface area contributed by atoms with Gasteiger partial charge in [-0.1, -0.05) is 6.92 Å². The molecule has 1 aliphatic heterocycles. The van der Waals surface area contributed by atoms with Gasteiger partial charge < -0.3 is 10.2 Å². The zero-order valence-corrected chi connectivity index (χ0v) is 12.1. The third kappa shape index (κ3) is 3.29. The Kier molecular flexibility index (Phi) is 3.72. The Bertz CT molecular complexity index is 554. The maximum atomic E-state index is 11.5. The molecule has 7 nitrogen and oxygen atoms in total. The molecule has 0 aromatic carbocycles. The van der Waals surface area contributed by atoms with Crippen LogP contribution in [0.1, 0.15) is 37.9 Å². The normalized spacial score (nSPS) is 18.6. The summed E-state index contributed by atoms with van der Waals surface area (Å²) >= 11 is 0. The van der Waals surface area contributed by atoms with E-state index >= 15 is 0 Å². The van der Waals surface area contributed by atoms with Crippen LogP contribution < -0.4 is 15.5 Å². The number of hydrogen-bond acceptors (Lipinski definition) is 6. The van der Waals surface area contributed by atoms with E-state index in [1.54, 1.807) is 4.90 Å². The Morgan fingerprint density at radius 1 is 1.29 bits per heavy atom. The molecule has 1 aromatic rings. The first-order valence-electron chi connectivity index (χ1n) is 7.36. The summed E-state index contributed by atoms with van der Waals surface area (Å²) in [4.78, 5) is 33.8. The van der Waals surface area contributed by atoms with Crippen molar-refractivity contribution < 1.29 is 9.59 Å². The summed E-state index contributed by atoms with van der Waals surface area (Å²) in [5.74, 6) is 2.06. The first-order valence-corrected chi connectivity index (χ1v) is 7.36. The number of hydrogen-bond donors (Lipinski definition) is 2. The molecule has 1 aromatic heterocycles. The van der Waals surface area contributed by atoms with Crippen molar-refractivity contribution in [1.82, 2.24) is 15.3 Å². The lowest BCUT2D eigenvalue weighted by Gasteiger charge is -2.27. The number of amides is 2. The van der Waals surface area contributed by atoms with E-state index in [0.717, 1.165) is 37.4 Å². The maximum Gasteiger partial charge on any atom is 0.246 e. The average Bonchev–Trinajstić information content (AvgIpc) is 3.28. The molecule has 3 rings (SSSR count). The Hall–Kier alpha value is -2.18. The van der Waals surface area contributed by atoms with Crippen LogP contribution in [0.3, 0.4) is 0 Å². The zero-order valence-electron chi connectivity index (χ0n) is 12.1. The molecular weight excluding hydrogens is 270 g/mol. The molecule has 2 aliphatic rings. The van der Waals surface area contributed by atoms with Gasteiger partial charge in [0.05, 0.1) is 13.1 Å². The average molecular weight is 289 g/mol. The fraction of sp³-hybridized carbons (Fsp3) is 0.571. The highest BCUT2D eigenvalue weighted by atomic mass is 16.2. The van der Waals surface area contributed by atoms with Crippen molar-refractivity contribution in [2.45, 2.75) is 32.1 Å². The van der Waals surface area contributed by atoms with Gasteiger partial charge in [0.1, 0.15) is 17.5 Å². The van der Waals surface area contributed by atoms with Gasteiger partial charge in [-0.3, -0.25) is 14.9 Å². The van der Waals surface area contributed by atoms with Crippen LogP contribution in [-0.4, -0.2) is 41.4 Å². The second kappa shape index (κ2) is 5.67. The zero-order chi connectivity index (χ0) is 14.8. The minimum atomic E-state index is -0.291. The summed E-state index contributed by atoms with van der Waals surface area (Å²) in [6.07, 6.45) is 3.22. The van der Waals surface area contributed by atoms with Crippen LogP contribution >= 0.6 is 0 Å². The predicted octanol–water partition coefficient (Wildman–Crippen LogP) is 0.639. The summed E-state index contributed by atoms with van der Waals surface area (Å²) in [6.45, 7) is 3.23. The van der Waals surface area contributed by atoms with Gasteiger partial charge in [0.25, 0.3) is 0 Å². The molecule has 1 aliphatic carbocycles. The maximum absolute atomic E-state index is 11.5. The Balaban J connectivity index is 1.87. The van der Waals surface area contributed by atoms with Gasteiger partial charge in [0, 0.05) is 18.5 Å². The van der Waals surface area contributed by atoms with Crippen LogP contribution in [0.4, 0.5) is 11.6 Å². The van der Waals surface area contributed by atoms with Gasteiger partial charge in [-0.15, -0.1) is 0 Å². The van der Waals surface area contributed by atoms with E-state index in [9.17, 15) is 9.59 Å². The van der Waals surface area contributed by atoms with Gasteiger partial charge in [0.2, 0.25) is 11.8 Å². The van der Waals surface area contributed by atoms with E-state index in [-0.39, 0.29) is 24.9 Å². The summed E-state index contributed by atoms with van der Waals surface area (Å²) in [6, 6.07) is 1.81. The van der Waals surface area contributed by atoms with Crippen LogP contribution in [0, 0.1) is 0 Å². The molecule has 0 spiro atoms. The van der Waals surface area contributed by atoms with Gasteiger partial charge in [0.15, 0.2) is 0 Å². The minimum Gasteiger partial charge on any atom is -0.370 e. The number of carbonyl (C=O) groups excluding carboxylic acids is 2. The van der Waals surface area contributed by atoms with Crippen molar-refractivity contribution in [2.24, 2.45) is 0 Å². The molecule has 112 valence electrons. The summed E-state index contributed by atoms with van der Waals surface area (Å²) in [7, 11) is 0. The molecular formula is C14H19N5O2. The molecule has 0 unspecified atom stereocenters. The van der Waals surface area contributed by atoms with Crippen LogP contribution in [0.5, 0.6) is 0 Å². The van der Waals surface area contributed by atoms with Crippen molar-refractivity contribution in [3.8, 4) is 0 Å². The number of piperazine rings is 1. The van der Waals surface area contributed by atoms with Crippen molar-refractivity contribution in [3.63, 3.8) is 0 Å². The molecule has 2 fully saturated rings. The molecule has 0 radical (unpaired) electrons. The van der Waals surface area contributed by atoms with Gasteiger partial charge in [-0.25, -0.2) is 9.97 Å². The molecule has 1 saturated carbocycles. The van der Waals surface area contributed by atoms with Gasteiger partial charge >= 0.3 is 0 Å². The summed E-state index contributed by atoms with van der Waals surface area (Å²) < 4.78 is 0. The second-order valence-electron chi connectivity index (χ2n) is 5.50. The van der Waals surface area contributed by atoms with E-state index in [1.165, 1.54) is 0 Å². The minimum absolute atomic E-state index is 0.153. The number of nitrogens with zero attached hydrogens (tertiary/aromatic N) is 3. The largest absolute Gasteiger partial charge is 0.370 e. The van der Waals surface area contributed by atoms with Crippen LogP contribution in [0.25, 0.3) is 0 Å². The fourth-order valence-corrected chi connectivity index (χ4v) is 2.28. The van der Waals surface area contributed by atoms with E-state index < -0.39 is 0 Å². The lowest BCUT2D eigenvalue weighted by molar-refractivity contribution is -0.130. The molecule has 0 bridgehead atoms. The predicted molar refractivity (Wildman–Crippen MR) is 78.2 cm³/mol. The SMILES string of the molecule is CCCNc1cc(N2CC(=O)NC(=O)C2)nc(C2CC2)n1. The van der Waals surface area contributed by atoms with Crippen LogP contribution in [-0.2, 0) is 9.59 Å². The highest BCUT2D eigenvalue weighted by Crippen LogP contribution is 2.39. The third-order valence-corrected chi connectivity index (χ3v) is 3.50. The van der Waals surface area contributed by atoms with Crippen LogP contribution in [0.2, 0.25) is 0 Å². The first kappa shape index (κ1) is 13.8. The first-order chi connectivity index (χ1) is 10.2. The Labute approximate surface area is 123 Å². The standard InChI is InChI=1S/C14H19N5O2/c1-2-5-15-10-6-11(17-14(16-10)9-3-4-9)19-7-12(20)18-13(21)8-19/h6,9H,2-5,7-8H2,1H3,(H,15,16,17)(H,18,20,21). The smallest absolute Gasteiger partial charge is 0.246 e. The second-order valence-corrected chi connectivity index (χ2v) is 5.50. The number of aromatic nitrogens is 2. The quantitative estimate of drug-likeness (QED) is 0.773. The highest BCUT2D eigenvalue weighted by molar-refractivity contribution is 6.02. The van der Waals surface area contributed by atoms with Crippen molar-refractivity contribution in [3.05, 3.63) is 11.9 Å². The fourth-order valence-electron chi connectivity index (χ4n) is 2.28. The molecule has 7 heteroatoms. The number of nitrogens with one attached hydrogen (secondary N) is 2. The van der Waals surface area contributed by atoms with Crippen molar-refractivity contribution >= 4 is 23.5 Å². The summed E-state index contributed by atoms with van der Waals surface area (Å²) in [5, 5.41) is 5.56.